The summed E-state index contributed by atoms with van der Waals surface area (Å²) in [5.74, 6) is 0.486. The maximum absolute atomic E-state index is 5.53. The lowest BCUT2D eigenvalue weighted by molar-refractivity contribution is 0.0955. The maximum atomic E-state index is 5.53. The van der Waals surface area contributed by atoms with Crippen LogP contribution in [0.2, 0.25) is 0 Å². The van der Waals surface area contributed by atoms with Gasteiger partial charge in [0.05, 0.1) is 18.1 Å². The van der Waals surface area contributed by atoms with Crippen molar-refractivity contribution in [3.63, 3.8) is 0 Å². The molecule has 0 spiro atoms. The third kappa shape index (κ3) is 3.40. The number of rotatable bonds is 4. The average Bonchev–Trinajstić information content (AvgIpc) is 2.41. The second-order valence-corrected chi connectivity index (χ2v) is 5.00. The van der Waals surface area contributed by atoms with Gasteiger partial charge in [0.2, 0.25) is 0 Å². The molecule has 2 heterocycles. The molecule has 0 aromatic carbocycles. The van der Waals surface area contributed by atoms with Crippen molar-refractivity contribution < 1.29 is 0 Å². The van der Waals surface area contributed by atoms with Crippen molar-refractivity contribution in [2.75, 3.05) is 31.9 Å². The Kier molecular flexibility index (Phi) is 4.49. The Labute approximate surface area is 109 Å². The lowest BCUT2D eigenvalue weighted by Gasteiger charge is -2.37. The highest BCUT2D eigenvalue weighted by Crippen LogP contribution is 2.10. The minimum atomic E-state index is 0.486. The van der Waals surface area contributed by atoms with Crippen LogP contribution >= 0.6 is 0 Å². The van der Waals surface area contributed by atoms with E-state index in [1.54, 1.807) is 12.4 Å². The molecule has 1 aliphatic rings. The summed E-state index contributed by atoms with van der Waals surface area (Å²) in [6.07, 6.45) is 4.63. The van der Waals surface area contributed by atoms with E-state index in [4.69, 9.17) is 5.73 Å². The largest absolute Gasteiger partial charge is 0.382 e. The average molecular weight is 249 g/mol. The Balaban J connectivity index is 1.81. The quantitative estimate of drug-likeness (QED) is 0.862. The predicted molar refractivity (Wildman–Crippen MR) is 73.0 cm³/mol. The number of piperazine rings is 1. The lowest BCUT2D eigenvalue weighted by atomic mass is 10.2. The van der Waals surface area contributed by atoms with Crippen molar-refractivity contribution in [3.05, 3.63) is 18.1 Å². The summed E-state index contributed by atoms with van der Waals surface area (Å²) in [6.45, 7) is 9.95. The molecule has 0 saturated carbocycles. The first-order valence-corrected chi connectivity index (χ1v) is 6.72. The monoisotopic (exact) mass is 249 g/mol. The van der Waals surface area contributed by atoms with E-state index in [-0.39, 0.29) is 0 Å². The van der Waals surface area contributed by atoms with E-state index < -0.39 is 0 Å². The van der Waals surface area contributed by atoms with Crippen molar-refractivity contribution in [1.29, 1.82) is 0 Å². The van der Waals surface area contributed by atoms with Gasteiger partial charge in [0.15, 0.2) is 0 Å². The zero-order chi connectivity index (χ0) is 13.0. The van der Waals surface area contributed by atoms with E-state index in [0.29, 0.717) is 11.9 Å². The van der Waals surface area contributed by atoms with Gasteiger partial charge in [0.25, 0.3) is 0 Å². The first-order valence-electron chi connectivity index (χ1n) is 6.72. The van der Waals surface area contributed by atoms with Gasteiger partial charge in [-0.05, 0) is 13.3 Å². The Morgan fingerprint density at radius 3 is 2.50 bits per heavy atom. The van der Waals surface area contributed by atoms with Gasteiger partial charge in [0.1, 0.15) is 5.82 Å². The van der Waals surface area contributed by atoms with E-state index in [1.807, 2.05) is 0 Å². The van der Waals surface area contributed by atoms with Gasteiger partial charge in [-0.1, -0.05) is 6.92 Å². The number of aromatic nitrogens is 2. The van der Waals surface area contributed by atoms with Crippen LogP contribution in [-0.4, -0.2) is 52.0 Å². The molecule has 18 heavy (non-hydrogen) atoms. The smallest absolute Gasteiger partial charge is 0.141 e. The lowest BCUT2D eigenvalue weighted by Crippen LogP contribution is -2.49. The van der Waals surface area contributed by atoms with Crippen molar-refractivity contribution in [3.8, 4) is 0 Å². The molecule has 0 bridgehead atoms. The summed E-state index contributed by atoms with van der Waals surface area (Å²) >= 11 is 0. The zero-order valence-electron chi connectivity index (χ0n) is 11.3. The van der Waals surface area contributed by atoms with Crippen molar-refractivity contribution >= 4 is 5.82 Å². The van der Waals surface area contributed by atoms with E-state index >= 15 is 0 Å². The van der Waals surface area contributed by atoms with Crippen LogP contribution in [0.5, 0.6) is 0 Å². The molecule has 1 saturated heterocycles. The summed E-state index contributed by atoms with van der Waals surface area (Å²) in [5, 5.41) is 0. The molecule has 1 aromatic heterocycles. The van der Waals surface area contributed by atoms with Crippen molar-refractivity contribution in [2.24, 2.45) is 0 Å². The van der Waals surface area contributed by atoms with Gasteiger partial charge in [-0.25, -0.2) is 4.98 Å². The molecular formula is C13H23N5. The van der Waals surface area contributed by atoms with Gasteiger partial charge in [0, 0.05) is 38.8 Å². The predicted octanol–water partition coefficient (Wildman–Crippen LogP) is 0.975. The summed E-state index contributed by atoms with van der Waals surface area (Å²) in [5.41, 5.74) is 6.53. The van der Waals surface area contributed by atoms with E-state index in [1.165, 1.54) is 6.42 Å². The fourth-order valence-corrected chi connectivity index (χ4v) is 2.30. The molecule has 100 valence electrons. The molecule has 1 fully saturated rings. The molecule has 1 unspecified atom stereocenters. The molecule has 5 nitrogen and oxygen atoms in total. The first-order chi connectivity index (χ1) is 8.69. The van der Waals surface area contributed by atoms with Crippen LogP contribution in [0.15, 0.2) is 12.4 Å². The van der Waals surface area contributed by atoms with E-state index in [9.17, 15) is 0 Å². The fourth-order valence-electron chi connectivity index (χ4n) is 2.30. The van der Waals surface area contributed by atoms with Crippen LogP contribution in [0, 0.1) is 0 Å². The molecule has 1 aromatic rings. The molecule has 1 atom stereocenters. The van der Waals surface area contributed by atoms with Gasteiger partial charge in [-0.15, -0.1) is 0 Å². The molecule has 0 aliphatic carbocycles. The highest BCUT2D eigenvalue weighted by atomic mass is 15.3. The highest BCUT2D eigenvalue weighted by Gasteiger charge is 2.20. The molecular weight excluding hydrogens is 226 g/mol. The molecule has 0 radical (unpaired) electrons. The molecule has 1 aliphatic heterocycles. The van der Waals surface area contributed by atoms with Crippen LogP contribution in [0.1, 0.15) is 26.0 Å². The minimum absolute atomic E-state index is 0.486. The molecule has 0 amide bonds. The first kappa shape index (κ1) is 13.2. The van der Waals surface area contributed by atoms with Crippen LogP contribution in [0.3, 0.4) is 0 Å². The summed E-state index contributed by atoms with van der Waals surface area (Å²) in [6, 6.07) is 0.698. The fraction of sp³-hybridized carbons (Fsp3) is 0.692. The van der Waals surface area contributed by atoms with E-state index in [0.717, 1.165) is 38.4 Å². The number of hydrogen-bond donors (Lipinski definition) is 1. The molecule has 5 heteroatoms. The Morgan fingerprint density at radius 2 is 1.94 bits per heavy atom. The molecule has 2 rings (SSSR count). The van der Waals surface area contributed by atoms with Gasteiger partial charge < -0.3 is 5.73 Å². The number of anilines is 1. The third-order valence-electron chi connectivity index (χ3n) is 3.73. The van der Waals surface area contributed by atoms with Gasteiger partial charge in [-0.2, -0.15) is 0 Å². The van der Waals surface area contributed by atoms with Crippen LogP contribution < -0.4 is 5.73 Å². The summed E-state index contributed by atoms with van der Waals surface area (Å²) < 4.78 is 0. The highest BCUT2D eigenvalue weighted by molar-refractivity contribution is 5.22. The van der Waals surface area contributed by atoms with Crippen molar-refractivity contribution in [1.82, 2.24) is 19.8 Å². The van der Waals surface area contributed by atoms with E-state index in [2.05, 4.69) is 33.6 Å². The standard InChI is InChI=1S/C13H23N5/c1-3-11(2)18-6-4-17(5-7-18)10-12-8-16-13(14)9-15-12/h8-9,11H,3-7,10H2,1-2H3,(H2,14,16). The van der Waals surface area contributed by atoms with Gasteiger partial charge in [-0.3, -0.25) is 14.8 Å². The SMILES string of the molecule is CCC(C)N1CCN(Cc2cnc(N)cn2)CC1. The Bertz CT molecular complexity index is 356. The second kappa shape index (κ2) is 6.11. The maximum Gasteiger partial charge on any atom is 0.141 e. The van der Waals surface area contributed by atoms with Crippen LogP contribution in [0.4, 0.5) is 5.82 Å². The summed E-state index contributed by atoms with van der Waals surface area (Å²) in [7, 11) is 0. The van der Waals surface area contributed by atoms with Gasteiger partial charge >= 0.3 is 0 Å². The van der Waals surface area contributed by atoms with Crippen LogP contribution in [0.25, 0.3) is 0 Å². The summed E-state index contributed by atoms with van der Waals surface area (Å²) in [4.78, 5) is 13.4. The minimum Gasteiger partial charge on any atom is -0.382 e. The Morgan fingerprint density at radius 1 is 1.22 bits per heavy atom. The number of nitrogens with two attached hydrogens (primary N) is 1. The zero-order valence-corrected chi connectivity index (χ0v) is 11.3. The second-order valence-electron chi connectivity index (χ2n) is 5.00. The van der Waals surface area contributed by atoms with Crippen molar-refractivity contribution in [2.45, 2.75) is 32.9 Å². The third-order valence-corrected chi connectivity index (χ3v) is 3.73. The van der Waals surface area contributed by atoms with Crippen LogP contribution in [-0.2, 0) is 6.54 Å². The molecule has 2 N–H and O–H groups in total. The number of nitrogen functional groups attached to an aromatic ring is 1. The Hall–Kier alpha value is -1.20. The normalized spacial score (nSPS) is 19.9. The number of nitrogens with zero attached hydrogens (tertiary/aromatic N) is 4. The number of hydrogen-bond acceptors (Lipinski definition) is 5. The topological polar surface area (TPSA) is 58.3 Å².